The van der Waals surface area contributed by atoms with Crippen LogP contribution in [0.3, 0.4) is 0 Å². The second-order valence-electron chi connectivity index (χ2n) is 8.01. The third kappa shape index (κ3) is 2.67. The largest absolute Gasteiger partial charge is 0.471 e. The van der Waals surface area contributed by atoms with E-state index in [0.717, 1.165) is 4.90 Å². The van der Waals surface area contributed by atoms with Crippen LogP contribution in [0.4, 0.5) is 24.5 Å². The fraction of sp³-hybridized carbons (Fsp3) is 0.261. The monoisotopic (exact) mass is 426 g/mol. The summed E-state index contributed by atoms with van der Waals surface area (Å²) in [6, 6.07) is 13.5. The highest BCUT2D eigenvalue weighted by Gasteiger charge is 2.61. The molecule has 31 heavy (non-hydrogen) atoms. The molecule has 0 radical (unpaired) electrons. The van der Waals surface area contributed by atoms with Crippen LogP contribution in [0.15, 0.2) is 60.2 Å². The molecule has 5 nitrogen and oxygen atoms in total. The second-order valence-corrected chi connectivity index (χ2v) is 8.01. The summed E-state index contributed by atoms with van der Waals surface area (Å²) in [6.07, 6.45) is -4.86. The molecule has 0 N–H and O–H groups in total. The van der Waals surface area contributed by atoms with E-state index >= 15 is 0 Å². The van der Waals surface area contributed by atoms with Gasteiger partial charge in [0.2, 0.25) is 11.8 Å². The van der Waals surface area contributed by atoms with Gasteiger partial charge in [-0.2, -0.15) is 13.2 Å². The van der Waals surface area contributed by atoms with Crippen LogP contribution in [0.1, 0.15) is 18.9 Å². The molecule has 2 aromatic rings. The van der Waals surface area contributed by atoms with E-state index in [0.29, 0.717) is 27.3 Å². The van der Waals surface area contributed by atoms with Crippen molar-refractivity contribution in [1.82, 2.24) is 0 Å². The molecule has 0 spiro atoms. The zero-order chi connectivity index (χ0) is 22.1. The first-order valence-electron chi connectivity index (χ1n) is 9.84. The standard InChI is InChI=1S/C23H17F3N2O3/c1-12-11-15-18(21(30)27(20(15)29)13-7-3-2-4-8-13)19-17(12)14-9-5-6-10-16(14)28(19)22(31)23(24,25)26/h2-10,15,18-19H,11H2,1H3/t15-,18-,19+/m0/s1. The lowest BCUT2D eigenvalue weighted by atomic mass is 9.73. The Morgan fingerprint density at radius 2 is 1.61 bits per heavy atom. The number of carbonyl (C=O) groups excluding carboxylic acids is 3. The topological polar surface area (TPSA) is 57.7 Å². The first kappa shape index (κ1) is 19.5. The number of hydrogen-bond acceptors (Lipinski definition) is 3. The summed E-state index contributed by atoms with van der Waals surface area (Å²) in [6.45, 7) is 1.75. The maximum absolute atomic E-state index is 13.5. The number of benzene rings is 2. The fourth-order valence-electron chi connectivity index (χ4n) is 5.13. The first-order chi connectivity index (χ1) is 14.7. The Hall–Kier alpha value is -3.42. The Kier molecular flexibility index (Phi) is 4.12. The van der Waals surface area contributed by atoms with Gasteiger partial charge in [0.1, 0.15) is 0 Å². The Labute approximate surface area is 175 Å². The van der Waals surface area contributed by atoms with Gasteiger partial charge in [0.25, 0.3) is 0 Å². The third-order valence-electron chi connectivity index (χ3n) is 6.31. The summed E-state index contributed by atoms with van der Waals surface area (Å²) in [7, 11) is 0. The Morgan fingerprint density at radius 1 is 0.968 bits per heavy atom. The zero-order valence-corrected chi connectivity index (χ0v) is 16.4. The molecule has 2 aromatic carbocycles. The van der Waals surface area contributed by atoms with Crippen LogP contribution >= 0.6 is 0 Å². The number of hydrogen-bond donors (Lipinski definition) is 0. The van der Waals surface area contributed by atoms with Crippen LogP contribution in [0.2, 0.25) is 0 Å². The minimum Gasteiger partial charge on any atom is -0.296 e. The van der Waals surface area contributed by atoms with E-state index in [9.17, 15) is 27.6 Å². The summed E-state index contributed by atoms with van der Waals surface area (Å²) >= 11 is 0. The number of allylic oxidation sites excluding steroid dienone is 1. The predicted molar refractivity (Wildman–Crippen MR) is 107 cm³/mol. The molecule has 0 unspecified atom stereocenters. The highest BCUT2D eigenvalue weighted by atomic mass is 19.4. The average molecular weight is 426 g/mol. The molecular weight excluding hydrogens is 409 g/mol. The van der Waals surface area contributed by atoms with Crippen molar-refractivity contribution in [3.05, 3.63) is 65.7 Å². The van der Waals surface area contributed by atoms with Gasteiger partial charge in [-0.25, -0.2) is 4.90 Å². The third-order valence-corrected chi connectivity index (χ3v) is 6.31. The zero-order valence-electron chi connectivity index (χ0n) is 16.4. The Bertz CT molecular complexity index is 1160. The molecule has 158 valence electrons. The number of imide groups is 1. The maximum Gasteiger partial charge on any atom is 0.471 e. The van der Waals surface area contributed by atoms with E-state index < -0.39 is 41.8 Å². The van der Waals surface area contributed by atoms with Gasteiger partial charge in [-0.05, 0) is 37.1 Å². The number of rotatable bonds is 1. The fourth-order valence-corrected chi connectivity index (χ4v) is 5.13. The normalized spacial score (nSPS) is 25.0. The van der Waals surface area contributed by atoms with E-state index in [1.165, 1.54) is 6.07 Å². The van der Waals surface area contributed by atoms with Crippen molar-refractivity contribution in [2.45, 2.75) is 25.6 Å². The van der Waals surface area contributed by atoms with Crippen molar-refractivity contribution in [3.8, 4) is 0 Å². The predicted octanol–water partition coefficient (Wildman–Crippen LogP) is 3.95. The molecule has 3 aliphatic rings. The number of para-hydroxylation sites is 2. The molecule has 1 aliphatic carbocycles. The molecule has 0 bridgehead atoms. The van der Waals surface area contributed by atoms with Crippen molar-refractivity contribution in [3.63, 3.8) is 0 Å². The molecule has 1 saturated heterocycles. The number of alkyl halides is 3. The number of carbonyl (C=O) groups is 3. The minimum atomic E-state index is -5.12. The van der Waals surface area contributed by atoms with Gasteiger partial charge in [-0.3, -0.25) is 19.3 Å². The van der Waals surface area contributed by atoms with Crippen molar-refractivity contribution in [2.75, 3.05) is 9.80 Å². The van der Waals surface area contributed by atoms with E-state index in [1.807, 2.05) is 0 Å². The second kappa shape index (κ2) is 6.54. The van der Waals surface area contributed by atoms with Gasteiger partial charge in [-0.1, -0.05) is 42.0 Å². The number of amides is 3. The molecule has 5 rings (SSSR count). The smallest absolute Gasteiger partial charge is 0.296 e. The Balaban J connectivity index is 1.68. The van der Waals surface area contributed by atoms with Crippen LogP contribution in [0, 0.1) is 11.8 Å². The lowest BCUT2D eigenvalue weighted by molar-refractivity contribution is -0.171. The van der Waals surface area contributed by atoms with Gasteiger partial charge in [0.15, 0.2) is 0 Å². The molecule has 2 aliphatic heterocycles. The van der Waals surface area contributed by atoms with E-state index in [4.69, 9.17) is 0 Å². The number of halogens is 3. The van der Waals surface area contributed by atoms with Gasteiger partial charge in [0.05, 0.1) is 29.3 Å². The molecule has 3 amide bonds. The maximum atomic E-state index is 13.5. The molecule has 8 heteroatoms. The SMILES string of the molecule is CC1=C2c3ccccc3N(C(=O)C(F)(F)F)[C@H]2[C@H]2C(=O)N(c3ccccc3)C(=O)[C@H]2C1. The number of fused-ring (bicyclic) bond motifs is 5. The van der Waals surface area contributed by atoms with Crippen LogP contribution in [0.25, 0.3) is 5.57 Å². The Morgan fingerprint density at radius 3 is 2.29 bits per heavy atom. The molecule has 2 heterocycles. The quantitative estimate of drug-likeness (QED) is 0.649. The van der Waals surface area contributed by atoms with Crippen LogP contribution < -0.4 is 9.80 Å². The molecular formula is C23H17F3N2O3. The summed E-state index contributed by atoms with van der Waals surface area (Å²) in [5, 5.41) is 0. The van der Waals surface area contributed by atoms with Gasteiger partial charge in [-0.15, -0.1) is 0 Å². The summed E-state index contributed by atoms with van der Waals surface area (Å²) in [4.78, 5) is 40.8. The minimum absolute atomic E-state index is 0.114. The van der Waals surface area contributed by atoms with Crippen molar-refractivity contribution < 1.29 is 27.6 Å². The van der Waals surface area contributed by atoms with E-state index in [2.05, 4.69) is 0 Å². The van der Waals surface area contributed by atoms with Gasteiger partial charge >= 0.3 is 12.1 Å². The van der Waals surface area contributed by atoms with Crippen molar-refractivity contribution in [1.29, 1.82) is 0 Å². The highest BCUT2D eigenvalue weighted by Crippen LogP contribution is 2.54. The molecule has 0 aromatic heterocycles. The summed E-state index contributed by atoms with van der Waals surface area (Å²) in [5.41, 5.74) is 2.23. The van der Waals surface area contributed by atoms with Crippen molar-refractivity contribution in [2.24, 2.45) is 11.8 Å². The summed E-state index contributed by atoms with van der Waals surface area (Å²) in [5.74, 6) is -4.96. The van der Waals surface area contributed by atoms with Crippen molar-refractivity contribution >= 4 is 34.7 Å². The van der Waals surface area contributed by atoms with E-state index in [-0.39, 0.29) is 12.1 Å². The molecule has 3 atom stereocenters. The molecule has 0 saturated carbocycles. The van der Waals surface area contributed by atoms with E-state index in [1.54, 1.807) is 55.5 Å². The molecule has 1 fully saturated rings. The van der Waals surface area contributed by atoms with Gasteiger partial charge < -0.3 is 0 Å². The number of anilines is 2. The van der Waals surface area contributed by atoms with Crippen LogP contribution in [0.5, 0.6) is 0 Å². The highest BCUT2D eigenvalue weighted by molar-refractivity contribution is 6.24. The lowest BCUT2D eigenvalue weighted by Gasteiger charge is -2.35. The van der Waals surface area contributed by atoms with Crippen LogP contribution in [-0.2, 0) is 14.4 Å². The number of nitrogens with zero attached hydrogens (tertiary/aromatic N) is 2. The van der Waals surface area contributed by atoms with Crippen LogP contribution in [-0.4, -0.2) is 29.9 Å². The van der Waals surface area contributed by atoms with Gasteiger partial charge in [0, 0.05) is 5.56 Å². The average Bonchev–Trinajstić information content (AvgIpc) is 3.20. The first-order valence-corrected chi connectivity index (χ1v) is 9.84. The summed E-state index contributed by atoms with van der Waals surface area (Å²) < 4.78 is 40.6. The lowest BCUT2D eigenvalue weighted by Crippen LogP contribution is -2.52.